The topological polar surface area (TPSA) is 53.6 Å². The molecule has 1 unspecified atom stereocenters. The van der Waals surface area contributed by atoms with Crippen molar-refractivity contribution in [3.63, 3.8) is 0 Å². The van der Waals surface area contributed by atoms with Crippen molar-refractivity contribution >= 4 is 0 Å². The lowest BCUT2D eigenvalue weighted by Crippen LogP contribution is -2.29. The minimum absolute atomic E-state index is 0.198. The van der Waals surface area contributed by atoms with E-state index in [1.807, 2.05) is 0 Å². The van der Waals surface area contributed by atoms with E-state index in [4.69, 9.17) is 4.98 Å². The Morgan fingerprint density at radius 2 is 2.33 bits per heavy atom. The molecule has 1 aliphatic carbocycles. The Kier molecular flexibility index (Phi) is 2.06. The molecule has 4 heteroatoms. The quantitative estimate of drug-likeness (QED) is 0.784. The van der Waals surface area contributed by atoms with E-state index in [0.717, 1.165) is 31.2 Å². The van der Waals surface area contributed by atoms with Gasteiger partial charge in [-0.15, -0.1) is 0 Å². The van der Waals surface area contributed by atoms with Crippen molar-refractivity contribution in [2.45, 2.75) is 43.9 Å². The summed E-state index contributed by atoms with van der Waals surface area (Å²) in [6, 6.07) is 0. The number of aromatic nitrogens is 3. The molecule has 1 aromatic heterocycles. The fourth-order valence-corrected chi connectivity index (χ4v) is 2.45. The highest BCUT2D eigenvalue weighted by Gasteiger charge is 2.38. The second-order valence-corrected chi connectivity index (χ2v) is 4.88. The summed E-state index contributed by atoms with van der Waals surface area (Å²) in [5, 5.41) is 11.0. The summed E-state index contributed by atoms with van der Waals surface area (Å²) in [6.45, 7) is 4.37. The molecule has 1 saturated heterocycles. The molecule has 4 nitrogen and oxygen atoms in total. The molecular formula is C11H18N4. The first-order valence-electron chi connectivity index (χ1n) is 5.97. The third-order valence-electron chi connectivity index (χ3n) is 3.86. The fraction of sp³-hybridized carbons (Fsp3) is 0.818. The number of hydrogen-bond acceptors (Lipinski definition) is 3. The molecule has 1 aromatic rings. The van der Waals surface area contributed by atoms with Crippen LogP contribution in [0.5, 0.6) is 0 Å². The van der Waals surface area contributed by atoms with Gasteiger partial charge in [0.1, 0.15) is 5.82 Å². The Labute approximate surface area is 89.9 Å². The Morgan fingerprint density at radius 1 is 1.47 bits per heavy atom. The minimum atomic E-state index is 0.198. The van der Waals surface area contributed by atoms with Gasteiger partial charge in [-0.3, -0.25) is 5.10 Å². The molecule has 1 atom stereocenters. The smallest absolute Gasteiger partial charge is 0.158 e. The van der Waals surface area contributed by atoms with Crippen LogP contribution in [0.1, 0.15) is 50.2 Å². The maximum atomic E-state index is 4.69. The average molecular weight is 206 g/mol. The van der Waals surface area contributed by atoms with Crippen molar-refractivity contribution in [3.8, 4) is 0 Å². The molecule has 0 aromatic carbocycles. The third kappa shape index (κ3) is 1.47. The van der Waals surface area contributed by atoms with Gasteiger partial charge in [-0.25, -0.2) is 4.98 Å². The van der Waals surface area contributed by atoms with E-state index in [1.54, 1.807) is 0 Å². The summed E-state index contributed by atoms with van der Waals surface area (Å²) in [5.41, 5.74) is 0.198. The Morgan fingerprint density at radius 3 is 2.93 bits per heavy atom. The van der Waals surface area contributed by atoms with E-state index in [1.165, 1.54) is 19.3 Å². The first-order chi connectivity index (χ1) is 7.34. The highest BCUT2D eigenvalue weighted by molar-refractivity contribution is 5.15. The van der Waals surface area contributed by atoms with Crippen LogP contribution in [0.15, 0.2) is 0 Å². The highest BCUT2D eigenvalue weighted by atomic mass is 15.2. The van der Waals surface area contributed by atoms with E-state index in [-0.39, 0.29) is 5.41 Å². The van der Waals surface area contributed by atoms with E-state index in [9.17, 15) is 0 Å². The van der Waals surface area contributed by atoms with Gasteiger partial charge in [-0.05, 0) is 32.2 Å². The molecule has 1 saturated carbocycles. The lowest BCUT2D eigenvalue weighted by molar-refractivity contribution is 0.427. The number of nitrogens with zero attached hydrogens (tertiary/aromatic N) is 2. The van der Waals surface area contributed by atoms with E-state index < -0.39 is 0 Å². The van der Waals surface area contributed by atoms with Crippen LogP contribution in [0.3, 0.4) is 0 Å². The molecule has 2 N–H and O–H groups in total. The molecule has 0 radical (unpaired) electrons. The fourth-order valence-electron chi connectivity index (χ4n) is 2.45. The molecule has 0 bridgehead atoms. The number of hydrogen-bond donors (Lipinski definition) is 2. The molecule has 2 aliphatic rings. The summed E-state index contributed by atoms with van der Waals surface area (Å²) in [6.07, 6.45) is 4.87. The number of aromatic amines is 1. The summed E-state index contributed by atoms with van der Waals surface area (Å²) < 4.78 is 0. The SMILES string of the molecule is CCC1(c2n[nH]c(C3CC3)n2)CCNC1. The van der Waals surface area contributed by atoms with Crippen LogP contribution in [0, 0.1) is 0 Å². The first-order valence-corrected chi connectivity index (χ1v) is 5.97. The van der Waals surface area contributed by atoms with E-state index in [0.29, 0.717) is 5.92 Å². The third-order valence-corrected chi connectivity index (χ3v) is 3.86. The van der Waals surface area contributed by atoms with Crippen LogP contribution in [0.25, 0.3) is 0 Å². The largest absolute Gasteiger partial charge is 0.316 e. The van der Waals surface area contributed by atoms with Gasteiger partial charge in [0.05, 0.1) is 0 Å². The van der Waals surface area contributed by atoms with Crippen LogP contribution >= 0.6 is 0 Å². The molecule has 0 amide bonds. The van der Waals surface area contributed by atoms with Gasteiger partial charge in [0, 0.05) is 17.9 Å². The summed E-state index contributed by atoms with van der Waals surface area (Å²) in [4.78, 5) is 4.69. The van der Waals surface area contributed by atoms with Crippen LogP contribution in [-0.2, 0) is 5.41 Å². The van der Waals surface area contributed by atoms with Crippen LogP contribution in [0.4, 0.5) is 0 Å². The maximum absolute atomic E-state index is 4.69. The van der Waals surface area contributed by atoms with Gasteiger partial charge >= 0.3 is 0 Å². The van der Waals surface area contributed by atoms with Gasteiger partial charge in [0.15, 0.2) is 5.82 Å². The Bertz CT molecular complexity index is 347. The minimum Gasteiger partial charge on any atom is -0.316 e. The zero-order chi connectivity index (χ0) is 10.3. The zero-order valence-corrected chi connectivity index (χ0v) is 9.21. The van der Waals surface area contributed by atoms with Crippen molar-refractivity contribution in [1.29, 1.82) is 0 Å². The Balaban J connectivity index is 1.88. The first kappa shape index (κ1) is 9.33. The molecule has 15 heavy (non-hydrogen) atoms. The predicted octanol–water partition coefficient (Wildman–Crippen LogP) is 1.32. The molecule has 82 valence electrons. The number of nitrogens with one attached hydrogen (secondary N) is 2. The van der Waals surface area contributed by atoms with Gasteiger partial charge in [0.25, 0.3) is 0 Å². The van der Waals surface area contributed by atoms with Crippen LogP contribution in [0.2, 0.25) is 0 Å². The molecule has 2 heterocycles. The Hall–Kier alpha value is -0.900. The van der Waals surface area contributed by atoms with E-state index >= 15 is 0 Å². The van der Waals surface area contributed by atoms with Crippen molar-refractivity contribution in [2.75, 3.05) is 13.1 Å². The van der Waals surface area contributed by atoms with Crippen molar-refractivity contribution in [2.24, 2.45) is 0 Å². The van der Waals surface area contributed by atoms with Crippen LogP contribution in [-0.4, -0.2) is 28.3 Å². The average Bonchev–Trinajstić information content (AvgIpc) is 2.84. The number of rotatable bonds is 3. The maximum Gasteiger partial charge on any atom is 0.158 e. The normalized spacial score (nSPS) is 31.0. The summed E-state index contributed by atoms with van der Waals surface area (Å²) in [5.74, 6) is 2.83. The summed E-state index contributed by atoms with van der Waals surface area (Å²) >= 11 is 0. The van der Waals surface area contributed by atoms with Crippen molar-refractivity contribution < 1.29 is 0 Å². The van der Waals surface area contributed by atoms with Crippen LogP contribution < -0.4 is 5.32 Å². The lowest BCUT2D eigenvalue weighted by atomic mass is 9.83. The highest BCUT2D eigenvalue weighted by Crippen LogP contribution is 2.39. The van der Waals surface area contributed by atoms with Gasteiger partial charge in [-0.2, -0.15) is 5.10 Å². The van der Waals surface area contributed by atoms with Gasteiger partial charge in [-0.1, -0.05) is 6.92 Å². The standard InChI is InChI=1S/C11H18N4/c1-2-11(5-6-12-7-11)10-13-9(14-15-10)8-3-4-8/h8,12H,2-7H2,1H3,(H,13,14,15). The summed E-state index contributed by atoms with van der Waals surface area (Å²) in [7, 11) is 0. The predicted molar refractivity (Wildman–Crippen MR) is 57.8 cm³/mol. The molecule has 0 spiro atoms. The molecule has 3 rings (SSSR count). The van der Waals surface area contributed by atoms with Crippen molar-refractivity contribution in [1.82, 2.24) is 20.5 Å². The van der Waals surface area contributed by atoms with E-state index in [2.05, 4.69) is 22.4 Å². The van der Waals surface area contributed by atoms with Gasteiger partial charge < -0.3 is 5.32 Å². The lowest BCUT2D eigenvalue weighted by Gasteiger charge is -2.22. The number of H-pyrrole nitrogens is 1. The molecule has 2 fully saturated rings. The van der Waals surface area contributed by atoms with Gasteiger partial charge in [0.2, 0.25) is 0 Å². The van der Waals surface area contributed by atoms with Crippen molar-refractivity contribution in [3.05, 3.63) is 11.6 Å². The zero-order valence-electron chi connectivity index (χ0n) is 9.21. The molecular weight excluding hydrogens is 188 g/mol. The molecule has 1 aliphatic heterocycles. The monoisotopic (exact) mass is 206 g/mol. The second-order valence-electron chi connectivity index (χ2n) is 4.88. The second kappa shape index (κ2) is 3.30.